The molecule has 1 heterocycles. The van der Waals surface area contributed by atoms with Gasteiger partial charge in [0.25, 0.3) is 0 Å². The van der Waals surface area contributed by atoms with Crippen LogP contribution in [0, 0.1) is 0 Å². The maximum Gasteiger partial charge on any atom is 0.331 e. The average molecular weight is 175 g/mol. The van der Waals surface area contributed by atoms with Gasteiger partial charge < -0.3 is 5.11 Å². The molecule has 0 spiro atoms. The van der Waals surface area contributed by atoms with Gasteiger partial charge >= 0.3 is 5.97 Å². The number of aliphatic imine (C=N–C) groups is 1. The zero-order valence-corrected chi connectivity index (χ0v) is 7.24. The molecule has 0 amide bonds. The molecule has 2 rings (SSSR count). The maximum absolute atomic E-state index is 10.7. The Morgan fingerprint density at radius 1 is 1.54 bits per heavy atom. The van der Waals surface area contributed by atoms with E-state index in [1.807, 2.05) is 13.0 Å². The first-order valence-electron chi connectivity index (χ1n) is 4.07. The number of allylic oxidation sites excluding steroid dienone is 4. The summed E-state index contributed by atoms with van der Waals surface area (Å²) >= 11 is 0. The summed E-state index contributed by atoms with van der Waals surface area (Å²) in [6.45, 7) is 1.91. The van der Waals surface area contributed by atoms with E-state index < -0.39 is 5.97 Å². The molecule has 0 aromatic heterocycles. The molecular formula is C10H9NO2. The molecular weight excluding hydrogens is 166 g/mol. The average Bonchev–Trinajstić information content (AvgIpc) is 2.42. The smallest absolute Gasteiger partial charge is 0.331 e. The minimum Gasteiger partial charge on any atom is -0.478 e. The van der Waals surface area contributed by atoms with Gasteiger partial charge in [0.05, 0.1) is 5.70 Å². The van der Waals surface area contributed by atoms with E-state index in [0.717, 1.165) is 17.0 Å². The van der Waals surface area contributed by atoms with E-state index in [-0.39, 0.29) is 0 Å². The lowest BCUT2D eigenvalue weighted by Crippen LogP contribution is -2.04. The van der Waals surface area contributed by atoms with Crippen LogP contribution in [-0.4, -0.2) is 16.8 Å². The fraction of sp³-hybridized carbons (Fsp3) is 0.200. The molecule has 2 aliphatic rings. The van der Waals surface area contributed by atoms with Crippen LogP contribution in [-0.2, 0) is 4.79 Å². The van der Waals surface area contributed by atoms with Crippen LogP contribution in [0.2, 0.25) is 0 Å². The normalized spacial score (nSPS) is 19.8. The molecule has 3 nitrogen and oxygen atoms in total. The number of nitrogens with zero attached hydrogens (tertiary/aromatic N) is 1. The Bertz CT molecular complexity index is 397. The number of fused-ring (bicyclic) bond motifs is 1. The largest absolute Gasteiger partial charge is 0.478 e. The van der Waals surface area contributed by atoms with Gasteiger partial charge in [0, 0.05) is 17.7 Å². The molecule has 1 N–H and O–H groups in total. The number of carboxylic acid groups (broad SMARTS) is 1. The Morgan fingerprint density at radius 3 is 3.00 bits per heavy atom. The molecule has 1 aliphatic carbocycles. The highest BCUT2D eigenvalue weighted by molar-refractivity contribution is 5.99. The predicted molar refractivity (Wildman–Crippen MR) is 49.6 cm³/mol. The fourth-order valence-corrected chi connectivity index (χ4v) is 1.50. The Labute approximate surface area is 75.8 Å². The van der Waals surface area contributed by atoms with E-state index >= 15 is 0 Å². The first-order chi connectivity index (χ1) is 6.16. The zero-order chi connectivity index (χ0) is 9.42. The summed E-state index contributed by atoms with van der Waals surface area (Å²) in [5, 5.41) is 8.76. The number of rotatable bonds is 1. The van der Waals surface area contributed by atoms with Gasteiger partial charge in [-0.05, 0) is 30.7 Å². The van der Waals surface area contributed by atoms with E-state index in [0.29, 0.717) is 12.0 Å². The highest BCUT2D eigenvalue weighted by Gasteiger charge is 2.19. The highest BCUT2D eigenvalue weighted by atomic mass is 16.4. The van der Waals surface area contributed by atoms with Crippen LogP contribution in [0.25, 0.3) is 0 Å². The monoisotopic (exact) mass is 175 g/mol. The van der Waals surface area contributed by atoms with Crippen molar-refractivity contribution in [3.63, 3.8) is 0 Å². The summed E-state index contributed by atoms with van der Waals surface area (Å²) in [5.41, 5.74) is 3.29. The minimum atomic E-state index is -0.847. The summed E-state index contributed by atoms with van der Waals surface area (Å²) in [6, 6.07) is 0. The zero-order valence-electron chi connectivity index (χ0n) is 7.24. The lowest BCUT2D eigenvalue weighted by molar-refractivity contribution is -0.132. The predicted octanol–water partition coefficient (Wildman–Crippen LogP) is 1.69. The molecule has 0 fully saturated rings. The van der Waals surface area contributed by atoms with Gasteiger partial charge in [-0.2, -0.15) is 0 Å². The van der Waals surface area contributed by atoms with Gasteiger partial charge in [0.1, 0.15) is 0 Å². The molecule has 13 heavy (non-hydrogen) atoms. The fourth-order valence-electron chi connectivity index (χ4n) is 1.50. The molecule has 0 radical (unpaired) electrons. The third kappa shape index (κ3) is 1.33. The molecule has 0 atom stereocenters. The van der Waals surface area contributed by atoms with Crippen molar-refractivity contribution in [3.05, 3.63) is 35.1 Å². The van der Waals surface area contributed by atoms with E-state index in [1.165, 1.54) is 0 Å². The van der Waals surface area contributed by atoms with E-state index in [4.69, 9.17) is 5.11 Å². The van der Waals surface area contributed by atoms with Gasteiger partial charge in [-0.3, -0.25) is 4.99 Å². The Hall–Kier alpha value is -1.64. The summed E-state index contributed by atoms with van der Waals surface area (Å²) in [7, 11) is 0. The SMILES string of the molecule is CC1=NC2=CC=C(C(=O)O)CC2=C1. The lowest BCUT2D eigenvalue weighted by atomic mass is 9.98. The standard InChI is InChI=1S/C10H9NO2/c1-6-4-8-5-7(10(12)13)2-3-9(8)11-6/h2-4H,5H2,1H3,(H,12,13). The molecule has 0 aromatic rings. The topological polar surface area (TPSA) is 49.7 Å². The van der Waals surface area contributed by atoms with E-state index in [9.17, 15) is 4.79 Å². The Morgan fingerprint density at radius 2 is 2.31 bits per heavy atom. The molecule has 0 aromatic carbocycles. The number of hydrogen-bond acceptors (Lipinski definition) is 2. The quantitative estimate of drug-likeness (QED) is 0.659. The van der Waals surface area contributed by atoms with Gasteiger partial charge in [-0.15, -0.1) is 0 Å². The second kappa shape index (κ2) is 2.69. The van der Waals surface area contributed by atoms with Gasteiger partial charge in [-0.25, -0.2) is 4.79 Å². The van der Waals surface area contributed by atoms with Crippen molar-refractivity contribution in [2.75, 3.05) is 0 Å². The van der Waals surface area contributed by atoms with Crippen LogP contribution in [0.4, 0.5) is 0 Å². The van der Waals surface area contributed by atoms with Gasteiger partial charge in [-0.1, -0.05) is 0 Å². The minimum absolute atomic E-state index is 0.430. The number of aliphatic carboxylic acids is 1. The van der Waals surface area contributed by atoms with Crippen molar-refractivity contribution in [1.82, 2.24) is 0 Å². The summed E-state index contributed by atoms with van der Waals surface area (Å²) in [5.74, 6) is -0.847. The number of hydrogen-bond donors (Lipinski definition) is 1. The second-order valence-electron chi connectivity index (χ2n) is 3.15. The van der Waals surface area contributed by atoms with Crippen molar-refractivity contribution in [1.29, 1.82) is 0 Å². The van der Waals surface area contributed by atoms with Crippen molar-refractivity contribution >= 4 is 11.7 Å². The van der Waals surface area contributed by atoms with Crippen LogP contribution in [0.5, 0.6) is 0 Å². The highest BCUT2D eigenvalue weighted by Crippen LogP contribution is 2.29. The first-order valence-corrected chi connectivity index (χ1v) is 4.07. The summed E-state index contributed by atoms with van der Waals surface area (Å²) in [4.78, 5) is 14.9. The van der Waals surface area contributed by atoms with Crippen LogP contribution >= 0.6 is 0 Å². The molecule has 0 saturated heterocycles. The first kappa shape index (κ1) is 7.98. The third-order valence-corrected chi connectivity index (χ3v) is 2.11. The summed E-state index contributed by atoms with van der Waals surface area (Å²) < 4.78 is 0. The van der Waals surface area contributed by atoms with Gasteiger partial charge in [0.2, 0.25) is 0 Å². The third-order valence-electron chi connectivity index (χ3n) is 2.11. The summed E-state index contributed by atoms with van der Waals surface area (Å²) in [6.07, 6.45) is 5.80. The number of carboxylic acids is 1. The number of carbonyl (C=O) groups is 1. The molecule has 3 heteroatoms. The van der Waals surface area contributed by atoms with Crippen LogP contribution < -0.4 is 0 Å². The molecule has 0 saturated carbocycles. The van der Waals surface area contributed by atoms with E-state index in [1.54, 1.807) is 12.2 Å². The molecule has 66 valence electrons. The molecule has 1 aliphatic heterocycles. The van der Waals surface area contributed by atoms with Crippen LogP contribution in [0.15, 0.2) is 40.1 Å². The molecule has 0 unspecified atom stereocenters. The van der Waals surface area contributed by atoms with Crippen molar-refractivity contribution < 1.29 is 9.90 Å². The van der Waals surface area contributed by atoms with Crippen molar-refractivity contribution in [3.8, 4) is 0 Å². The maximum atomic E-state index is 10.7. The van der Waals surface area contributed by atoms with Crippen molar-refractivity contribution in [2.45, 2.75) is 13.3 Å². The van der Waals surface area contributed by atoms with Crippen molar-refractivity contribution in [2.24, 2.45) is 4.99 Å². The Balaban J connectivity index is 2.34. The Kier molecular flexibility index (Phi) is 1.65. The second-order valence-corrected chi connectivity index (χ2v) is 3.15. The van der Waals surface area contributed by atoms with E-state index in [2.05, 4.69) is 4.99 Å². The molecule has 0 bridgehead atoms. The van der Waals surface area contributed by atoms with Crippen LogP contribution in [0.1, 0.15) is 13.3 Å². The van der Waals surface area contributed by atoms with Crippen LogP contribution in [0.3, 0.4) is 0 Å². The van der Waals surface area contributed by atoms with Gasteiger partial charge in [0.15, 0.2) is 0 Å². The lowest BCUT2D eigenvalue weighted by Gasteiger charge is -2.08.